The molecule has 0 saturated carbocycles. The van der Waals surface area contributed by atoms with E-state index < -0.39 is 6.61 Å². The first-order valence-electron chi connectivity index (χ1n) is 5.04. The molecule has 0 radical (unpaired) electrons. The van der Waals surface area contributed by atoms with Gasteiger partial charge in [-0.3, -0.25) is 0 Å². The molecular weight excluding hydrogens is 212 g/mol. The molecule has 2 nitrogen and oxygen atoms in total. The van der Waals surface area contributed by atoms with Gasteiger partial charge in [0.05, 0.1) is 0 Å². The first-order chi connectivity index (χ1) is 7.63. The van der Waals surface area contributed by atoms with E-state index in [-0.39, 0.29) is 11.8 Å². The van der Waals surface area contributed by atoms with Crippen molar-refractivity contribution in [3.05, 3.63) is 42.5 Å². The SMILES string of the molecule is C=CCC[C@H](N)c1ccc(OC(F)F)cc1. The van der Waals surface area contributed by atoms with Crippen molar-refractivity contribution >= 4 is 0 Å². The summed E-state index contributed by atoms with van der Waals surface area (Å²) in [6.07, 6.45) is 3.42. The molecule has 0 amide bonds. The molecule has 1 aromatic carbocycles. The molecule has 2 N–H and O–H groups in total. The molecule has 88 valence electrons. The average molecular weight is 227 g/mol. The minimum absolute atomic E-state index is 0.0985. The fourth-order valence-corrected chi connectivity index (χ4v) is 1.36. The minimum atomic E-state index is -2.79. The van der Waals surface area contributed by atoms with Crippen molar-refractivity contribution in [3.63, 3.8) is 0 Å². The Hall–Kier alpha value is -1.42. The molecule has 1 atom stereocenters. The van der Waals surface area contributed by atoms with E-state index >= 15 is 0 Å². The largest absolute Gasteiger partial charge is 0.435 e. The summed E-state index contributed by atoms with van der Waals surface area (Å²) in [5.74, 6) is 0.148. The highest BCUT2D eigenvalue weighted by atomic mass is 19.3. The topological polar surface area (TPSA) is 35.2 Å². The maximum Gasteiger partial charge on any atom is 0.387 e. The molecule has 1 rings (SSSR count). The summed E-state index contributed by atoms with van der Waals surface area (Å²) >= 11 is 0. The van der Waals surface area contributed by atoms with E-state index in [1.165, 1.54) is 12.1 Å². The lowest BCUT2D eigenvalue weighted by atomic mass is 10.0. The first-order valence-corrected chi connectivity index (χ1v) is 5.04. The van der Waals surface area contributed by atoms with Crippen LogP contribution in [0.5, 0.6) is 5.75 Å². The van der Waals surface area contributed by atoms with E-state index in [0.29, 0.717) is 0 Å². The van der Waals surface area contributed by atoms with Gasteiger partial charge in [0, 0.05) is 6.04 Å². The zero-order chi connectivity index (χ0) is 12.0. The van der Waals surface area contributed by atoms with Gasteiger partial charge in [-0.05, 0) is 30.5 Å². The highest BCUT2D eigenvalue weighted by Crippen LogP contribution is 2.20. The highest BCUT2D eigenvalue weighted by Gasteiger charge is 2.07. The quantitative estimate of drug-likeness (QED) is 0.757. The Morgan fingerprint density at radius 1 is 1.31 bits per heavy atom. The van der Waals surface area contributed by atoms with Crippen LogP contribution in [-0.4, -0.2) is 6.61 Å². The lowest BCUT2D eigenvalue weighted by Crippen LogP contribution is -2.09. The molecule has 0 aromatic heterocycles. The molecule has 0 aliphatic heterocycles. The van der Waals surface area contributed by atoms with Crippen molar-refractivity contribution in [3.8, 4) is 5.75 Å². The fraction of sp³-hybridized carbons (Fsp3) is 0.333. The number of rotatable bonds is 6. The molecule has 0 aliphatic rings. The van der Waals surface area contributed by atoms with E-state index in [2.05, 4.69) is 11.3 Å². The second-order valence-corrected chi connectivity index (χ2v) is 3.42. The van der Waals surface area contributed by atoms with Gasteiger partial charge in [0.25, 0.3) is 0 Å². The fourth-order valence-electron chi connectivity index (χ4n) is 1.36. The zero-order valence-corrected chi connectivity index (χ0v) is 8.90. The van der Waals surface area contributed by atoms with E-state index in [1.807, 2.05) is 0 Å². The number of hydrogen-bond donors (Lipinski definition) is 1. The van der Waals surface area contributed by atoms with Crippen LogP contribution < -0.4 is 10.5 Å². The van der Waals surface area contributed by atoms with Crippen molar-refractivity contribution in [2.45, 2.75) is 25.5 Å². The predicted molar refractivity (Wildman–Crippen MR) is 59.4 cm³/mol. The molecular formula is C12H15F2NO. The van der Waals surface area contributed by atoms with Crippen molar-refractivity contribution < 1.29 is 13.5 Å². The van der Waals surface area contributed by atoms with Crippen LogP contribution in [0, 0.1) is 0 Å². The number of hydrogen-bond acceptors (Lipinski definition) is 2. The van der Waals surface area contributed by atoms with Crippen LogP contribution in [0.2, 0.25) is 0 Å². The molecule has 0 bridgehead atoms. The summed E-state index contributed by atoms with van der Waals surface area (Å²) < 4.78 is 28.0. The molecule has 0 fully saturated rings. The van der Waals surface area contributed by atoms with Crippen molar-refractivity contribution in [1.82, 2.24) is 0 Å². The zero-order valence-electron chi connectivity index (χ0n) is 8.90. The third-order valence-corrected chi connectivity index (χ3v) is 2.22. The number of ether oxygens (including phenoxy) is 1. The monoisotopic (exact) mass is 227 g/mol. The van der Waals surface area contributed by atoms with E-state index in [4.69, 9.17) is 5.73 Å². The first kappa shape index (κ1) is 12.6. The van der Waals surface area contributed by atoms with Crippen LogP contribution in [0.1, 0.15) is 24.4 Å². The molecule has 0 aliphatic carbocycles. The third kappa shape index (κ3) is 3.98. The van der Waals surface area contributed by atoms with E-state index in [9.17, 15) is 8.78 Å². The Kier molecular flexibility index (Phi) is 4.92. The molecule has 0 unspecified atom stereocenters. The normalized spacial score (nSPS) is 12.5. The van der Waals surface area contributed by atoms with Crippen LogP contribution in [0.15, 0.2) is 36.9 Å². The summed E-state index contributed by atoms with van der Waals surface area (Å²) in [4.78, 5) is 0. The van der Waals surface area contributed by atoms with Gasteiger partial charge in [0.1, 0.15) is 5.75 Å². The average Bonchev–Trinajstić information content (AvgIpc) is 2.26. The van der Waals surface area contributed by atoms with Crippen LogP contribution in [0.4, 0.5) is 8.78 Å². The lowest BCUT2D eigenvalue weighted by molar-refractivity contribution is -0.0498. The second-order valence-electron chi connectivity index (χ2n) is 3.42. The van der Waals surface area contributed by atoms with Gasteiger partial charge in [-0.2, -0.15) is 8.78 Å². The van der Waals surface area contributed by atoms with Crippen LogP contribution in [0.25, 0.3) is 0 Å². The number of halogens is 2. The molecule has 0 spiro atoms. The highest BCUT2D eigenvalue weighted by molar-refractivity contribution is 5.29. The maximum atomic E-state index is 11.9. The van der Waals surface area contributed by atoms with Gasteiger partial charge in [0.15, 0.2) is 0 Å². The summed E-state index contributed by atoms with van der Waals surface area (Å²) in [5.41, 5.74) is 6.80. The Bertz CT molecular complexity index is 324. The smallest absolute Gasteiger partial charge is 0.387 e. The van der Waals surface area contributed by atoms with Crippen molar-refractivity contribution in [2.75, 3.05) is 0 Å². The van der Waals surface area contributed by atoms with Gasteiger partial charge < -0.3 is 10.5 Å². The van der Waals surface area contributed by atoms with Crippen LogP contribution in [-0.2, 0) is 0 Å². The minimum Gasteiger partial charge on any atom is -0.435 e. The van der Waals surface area contributed by atoms with E-state index in [1.54, 1.807) is 18.2 Å². The summed E-state index contributed by atoms with van der Waals surface area (Å²) in [5, 5.41) is 0. The van der Waals surface area contributed by atoms with Gasteiger partial charge in [0.2, 0.25) is 0 Å². The van der Waals surface area contributed by atoms with E-state index in [0.717, 1.165) is 18.4 Å². The Labute approximate surface area is 93.7 Å². The predicted octanol–water partition coefficient (Wildman–Crippen LogP) is 3.25. The van der Waals surface area contributed by atoms with Gasteiger partial charge in [-0.25, -0.2) is 0 Å². The molecule has 4 heteroatoms. The Morgan fingerprint density at radius 3 is 2.44 bits per heavy atom. The third-order valence-electron chi connectivity index (χ3n) is 2.22. The standard InChI is InChI=1S/C12H15F2NO/c1-2-3-4-11(15)9-5-7-10(8-6-9)16-12(13)14/h2,5-8,11-12H,1,3-4,15H2/t11-/m0/s1. The van der Waals surface area contributed by atoms with Crippen molar-refractivity contribution in [1.29, 1.82) is 0 Å². The number of benzene rings is 1. The van der Waals surface area contributed by atoms with Gasteiger partial charge >= 0.3 is 6.61 Å². The number of alkyl halides is 2. The molecule has 16 heavy (non-hydrogen) atoms. The Balaban J connectivity index is 2.59. The van der Waals surface area contributed by atoms with Crippen LogP contribution >= 0.6 is 0 Å². The summed E-state index contributed by atoms with van der Waals surface area (Å²) in [7, 11) is 0. The van der Waals surface area contributed by atoms with Gasteiger partial charge in [-0.1, -0.05) is 18.2 Å². The molecule has 1 aromatic rings. The summed E-state index contributed by atoms with van der Waals surface area (Å²) in [6, 6.07) is 6.29. The number of allylic oxidation sites excluding steroid dienone is 1. The van der Waals surface area contributed by atoms with Gasteiger partial charge in [-0.15, -0.1) is 6.58 Å². The maximum absolute atomic E-state index is 11.9. The Morgan fingerprint density at radius 2 is 1.94 bits per heavy atom. The molecule has 0 saturated heterocycles. The van der Waals surface area contributed by atoms with Crippen molar-refractivity contribution in [2.24, 2.45) is 5.73 Å². The molecule has 0 heterocycles. The lowest BCUT2D eigenvalue weighted by Gasteiger charge is -2.11. The van der Waals surface area contributed by atoms with Crippen LogP contribution in [0.3, 0.4) is 0 Å². The number of nitrogens with two attached hydrogens (primary N) is 1. The summed E-state index contributed by atoms with van der Waals surface area (Å²) in [6.45, 7) is 0.823. The second kappa shape index (κ2) is 6.23.